The predicted molar refractivity (Wildman–Crippen MR) is 110 cm³/mol. The third kappa shape index (κ3) is 3.66. The first-order chi connectivity index (χ1) is 13.7. The van der Waals surface area contributed by atoms with Crippen LogP contribution in [0.1, 0.15) is 15.9 Å². The van der Waals surface area contributed by atoms with E-state index in [1.54, 1.807) is 19.4 Å². The molecule has 1 amide bonds. The molecule has 2 heterocycles. The molecular weight excluding hydrogens is 350 g/mol. The highest BCUT2D eigenvalue weighted by molar-refractivity contribution is 5.94. The molecule has 0 aliphatic rings. The first-order valence-electron chi connectivity index (χ1n) is 8.96. The molecule has 2 N–H and O–H groups in total. The van der Waals surface area contributed by atoms with Gasteiger partial charge < -0.3 is 10.6 Å². The first kappa shape index (κ1) is 17.6. The monoisotopic (exact) mass is 369 g/mol. The largest absolute Gasteiger partial charge is 0.365 e. The molecule has 0 radical (unpaired) electrons. The minimum Gasteiger partial charge on any atom is -0.365 e. The van der Waals surface area contributed by atoms with E-state index in [1.807, 2.05) is 60.7 Å². The van der Waals surface area contributed by atoms with Gasteiger partial charge in [-0.15, -0.1) is 0 Å². The van der Waals surface area contributed by atoms with Crippen molar-refractivity contribution in [1.29, 1.82) is 0 Å². The molecule has 6 nitrogen and oxygen atoms in total. The summed E-state index contributed by atoms with van der Waals surface area (Å²) in [4.78, 5) is 25.1. The Balaban J connectivity index is 1.63. The quantitative estimate of drug-likeness (QED) is 0.561. The molecule has 0 aliphatic heterocycles. The van der Waals surface area contributed by atoms with E-state index in [1.165, 1.54) is 0 Å². The second-order valence-corrected chi connectivity index (χ2v) is 6.28. The van der Waals surface area contributed by atoms with Crippen LogP contribution in [0.3, 0.4) is 0 Å². The van der Waals surface area contributed by atoms with Gasteiger partial charge in [0.2, 0.25) is 0 Å². The number of pyridine rings is 1. The lowest BCUT2D eigenvalue weighted by atomic mass is 10.1. The maximum atomic E-state index is 11.7. The fourth-order valence-corrected chi connectivity index (χ4v) is 2.95. The van der Waals surface area contributed by atoms with Gasteiger partial charge in [-0.2, -0.15) is 0 Å². The Hall–Kier alpha value is -3.80. The Morgan fingerprint density at radius 1 is 0.929 bits per heavy atom. The molecule has 4 rings (SSSR count). The Labute approximate surface area is 162 Å². The Morgan fingerprint density at radius 2 is 1.68 bits per heavy atom. The molecular formula is C22H19N5O. The van der Waals surface area contributed by atoms with E-state index < -0.39 is 0 Å². The lowest BCUT2D eigenvalue weighted by Crippen LogP contribution is -2.17. The Kier molecular flexibility index (Phi) is 4.93. The van der Waals surface area contributed by atoms with Gasteiger partial charge in [-0.1, -0.05) is 24.3 Å². The van der Waals surface area contributed by atoms with Crippen molar-refractivity contribution in [3.05, 3.63) is 84.2 Å². The van der Waals surface area contributed by atoms with Crippen LogP contribution in [0.5, 0.6) is 0 Å². The van der Waals surface area contributed by atoms with E-state index in [0.717, 1.165) is 27.8 Å². The van der Waals surface area contributed by atoms with Crippen LogP contribution in [0.4, 0.5) is 5.82 Å². The van der Waals surface area contributed by atoms with E-state index in [4.69, 9.17) is 4.98 Å². The summed E-state index contributed by atoms with van der Waals surface area (Å²) >= 11 is 0. The van der Waals surface area contributed by atoms with Gasteiger partial charge in [-0.05, 0) is 42.0 Å². The summed E-state index contributed by atoms with van der Waals surface area (Å²) in [5.41, 5.74) is 3.49. The summed E-state index contributed by atoms with van der Waals surface area (Å²) < 4.78 is 0. The maximum absolute atomic E-state index is 11.7. The van der Waals surface area contributed by atoms with Gasteiger partial charge in [0.15, 0.2) is 5.82 Å². The molecule has 0 saturated heterocycles. The van der Waals surface area contributed by atoms with Crippen LogP contribution in [0.15, 0.2) is 73.1 Å². The molecule has 0 fully saturated rings. The third-order valence-electron chi connectivity index (χ3n) is 4.44. The van der Waals surface area contributed by atoms with Gasteiger partial charge in [0.1, 0.15) is 5.82 Å². The fourth-order valence-electron chi connectivity index (χ4n) is 2.95. The van der Waals surface area contributed by atoms with Crippen molar-refractivity contribution in [2.45, 2.75) is 6.54 Å². The number of para-hydroxylation sites is 1. The lowest BCUT2D eigenvalue weighted by molar-refractivity contribution is 0.0963. The maximum Gasteiger partial charge on any atom is 0.251 e. The van der Waals surface area contributed by atoms with E-state index in [-0.39, 0.29) is 5.91 Å². The number of anilines is 1. The van der Waals surface area contributed by atoms with Crippen molar-refractivity contribution in [3.8, 4) is 11.4 Å². The summed E-state index contributed by atoms with van der Waals surface area (Å²) in [6.07, 6.45) is 3.46. The van der Waals surface area contributed by atoms with Crippen LogP contribution >= 0.6 is 0 Å². The molecule has 0 atom stereocenters. The summed E-state index contributed by atoms with van der Waals surface area (Å²) in [5.74, 6) is 1.33. The van der Waals surface area contributed by atoms with E-state index >= 15 is 0 Å². The second-order valence-electron chi connectivity index (χ2n) is 6.28. The van der Waals surface area contributed by atoms with Crippen molar-refractivity contribution >= 4 is 22.6 Å². The van der Waals surface area contributed by atoms with Gasteiger partial charge in [0, 0.05) is 42.5 Å². The summed E-state index contributed by atoms with van der Waals surface area (Å²) in [7, 11) is 1.62. The average Bonchev–Trinajstić information content (AvgIpc) is 2.77. The van der Waals surface area contributed by atoms with Crippen molar-refractivity contribution in [3.63, 3.8) is 0 Å². The Bertz CT molecular complexity index is 1110. The number of amides is 1. The van der Waals surface area contributed by atoms with Crippen molar-refractivity contribution in [1.82, 2.24) is 20.3 Å². The highest BCUT2D eigenvalue weighted by atomic mass is 16.1. The second kappa shape index (κ2) is 7.84. The molecule has 138 valence electrons. The Morgan fingerprint density at radius 3 is 2.43 bits per heavy atom. The molecule has 0 saturated carbocycles. The number of hydrogen-bond acceptors (Lipinski definition) is 5. The minimum atomic E-state index is -0.0942. The standard InChI is InChI=1S/C22H19N5O/c1-23-22(28)17-8-6-15(7-9-17)14-25-21-18-4-2-3-5-19(18)26-20(27-21)16-10-12-24-13-11-16/h2-13H,14H2,1H3,(H,23,28)(H,25,26,27). The van der Waals surface area contributed by atoms with Crippen molar-refractivity contribution in [2.24, 2.45) is 0 Å². The number of rotatable bonds is 5. The summed E-state index contributed by atoms with van der Waals surface area (Å²) in [5, 5.41) is 6.99. The zero-order chi connectivity index (χ0) is 19.3. The van der Waals surface area contributed by atoms with Crippen molar-refractivity contribution < 1.29 is 4.79 Å². The number of aromatic nitrogens is 3. The van der Waals surface area contributed by atoms with Gasteiger partial charge in [-0.3, -0.25) is 9.78 Å². The summed E-state index contributed by atoms with van der Waals surface area (Å²) in [6, 6.07) is 19.2. The van der Waals surface area contributed by atoms with Crippen LogP contribution in [-0.2, 0) is 6.54 Å². The van der Waals surface area contributed by atoms with Crippen LogP contribution in [0.25, 0.3) is 22.3 Å². The van der Waals surface area contributed by atoms with Crippen LogP contribution in [0.2, 0.25) is 0 Å². The molecule has 2 aromatic carbocycles. The van der Waals surface area contributed by atoms with Crippen LogP contribution in [-0.4, -0.2) is 27.9 Å². The number of nitrogens with zero attached hydrogens (tertiary/aromatic N) is 3. The molecule has 28 heavy (non-hydrogen) atoms. The topological polar surface area (TPSA) is 79.8 Å². The average molecular weight is 369 g/mol. The van der Waals surface area contributed by atoms with Gasteiger partial charge in [0.25, 0.3) is 5.91 Å². The number of hydrogen-bond donors (Lipinski definition) is 2. The smallest absolute Gasteiger partial charge is 0.251 e. The molecule has 4 aromatic rings. The molecule has 0 bridgehead atoms. The van der Waals surface area contributed by atoms with Gasteiger partial charge in [0.05, 0.1) is 5.52 Å². The zero-order valence-electron chi connectivity index (χ0n) is 15.4. The van der Waals surface area contributed by atoms with Crippen LogP contribution < -0.4 is 10.6 Å². The molecule has 2 aromatic heterocycles. The third-order valence-corrected chi connectivity index (χ3v) is 4.44. The molecule has 0 unspecified atom stereocenters. The predicted octanol–water partition coefficient (Wildman–Crippen LogP) is 3.66. The van der Waals surface area contributed by atoms with Crippen LogP contribution in [0, 0.1) is 0 Å². The lowest BCUT2D eigenvalue weighted by Gasteiger charge is -2.11. The zero-order valence-corrected chi connectivity index (χ0v) is 15.4. The fraction of sp³-hybridized carbons (Fsp3) is 0.0909. The molecule has 6 heteroatoms. The highest BCUT2D eigenvalue weighted by Crippen LogP contribution is 2.25. The van der Waals surface area contributed by atoms with E-state index in [2.05, 4.69) is 20.6 Å². The SMILES string of the molecule is CNC(=O)c1ccc(CNc2nc(-c3ccncc3)nc3ccccc23)cc1. The normalized spacial score (nSPS) is 10.6. The van der Waals surface area contributed by atoms with E-state index in [9.17, 15) is 4.79 Å². The highest BCUT2D eigenvalue weighted by Gasteiger charge is 2.09. The van der Waals surface area contributed by atoms with E-state index in [0.29, 0.717) is 17.9 Å². The number of nitrogens with one attached hydrogen (secondary N) is 2. The number of fused-ring (bicyclic) bond motifs is 1. The number of carbonyl (C=O) groups excluding carboxylic acids is 1. The first-order valence-corrected chi connectivity index (χ1v) is 8.96. The number of benzene rings is 2. The van der Waals surface area contributed by atoms with Crippen molar-refractivity contribution in [2.75, 3.05) is 12.4 Å². The number of carbonyl (C=O) groups is 1. The van der Waals surface area contributed by atoms with Gasteiger partial charge in [-0.25, -0.2) is 9.97 Å². The molecule has 0 aliphatic carbocycles. The molecule has 0 spiro atoms. The van der Waals surface area contributed by atoms with Gasteiger partial charge >= 0.3 is 0 Å². The minimum absolute atomic E-state index is 0.0942. The summed E-state index contributed by atoms with van der Waals surface area (Å²) in [6.45, 7) is 0.588.